The van der Waals surface area contributed by atoms with E-state index in [-0.39, 0.29) is 16.9 Å². The van der Waals surface area contributed by atoms with Crippen LogP contribution in [0.5, 0.6) is 0 Å². The number of aromatic nitrogens is 1. The van der Waals surface area contributed by atoms with Crippen molar-refractivity contribution in [2.75, 3.05) is 5.32 Å². The van der Waals surface area contributed by atoms with E-state index in [1.54, 1.807) is 0 Å². The fourth-order valence-corrected chi connectivity index (χ4v) is 1.63. The van der Waals surface area contributed by atoms with Crippen LogP contribution in [0, 0.1) is 5.95 Å². The number of alkyl halides is 1. The van der Waals surface area contributed by atoms with E-state index in [9.17, 15) is 9.18 Å². The van der Waals surface area contributed by atoms with Gasteiger partial charge in [-0.1, -0.05) is 11.3 Å². The normalized spacial score (nSPS) is 9.92. The zero-order valence-corrected chi connectivity index (χ0v) is 7.80. The molecule has 0 aliphatic rings. The minimum Gasteiger partial charge on any atom is -0.302 e. The molecule has 1 amide bonds. The molecule has 12 heavy (non-hydrogen) atoms. The van der Waals surface area contributed by atoms with E-state index < -0.39 is 5.95 Å². The van der Waals surface area contributed by atoms with E-state index in [2.05, 4.69) is 10.3 Å². The highest BCUT2D eigenvalue weighted by atomic mass is 35.5. The molecule has 1 heterocycles. The monoisotopic (exact) mass is 208 g/mol. The van der Waals surface area contributed by atoms with Gasteiger partial charge in [-0.15, -0.1) is 11.6 Å². The predicted octanol–water partition coefficient (Wildman–Crippen LogP) is 1.98. The van der Waals surface area contributed by atoms with Crippen LogP contribution < -0.4 is 5.32 Å². The first-order chi connectivity index (χ1) is 5.63. The van der Waals surface area contributed by atoms with Crippen LogP contribution in [0.25, 0.3) is 0 Å². The Morgan fingerprint density at radius 1 is 1.83 bits per heavy atom. The number of carbonyl (C=O) groups is 1. The minimum absolute atomic E-state index is 0.0725. The van der Waals surface area contributed by atoms with Gasteiger partial charge in [0.25, 0.3) is 0 Å². The van der Waals surface area contributed by atoms with Crippen LogP contribution in [0.3, 0.4) is 0 Å². The zero-order chi connectivity index (χ0) is 9.14. The van der Waals surface area contributed by atoms with Gasteiger partial charge in [-0.3, -0.25) is 4.79 Å². The smallest absolute Gasteiger partial charge is 0.230 e. The van der Waals surface area contributed by atoms with Gasteiger partial charge in [0.05, 0.1) is 10.8 Å². The van der Waals surface area contributed by atoms with E-state index in [4.69, 9.17) is 11.6 Å². The summed E-state index contributed by atoms with van der Waals surface area (Å²) < 4.78 is 12.7. The number of carbonyl (C=O) groups excluding carboxylic acids is 1. The molecule has 0 bridgehead atoms. The standard InChI is InChI=1S/C6H6ClFN2OS/c1-3(11)9-6-10-5(8)4(2-7)12-6/h2H2,1H3,(H,9,10,11). The molecule has 0 fully saturated rings. The van der Waals surface area contributed by atoms with Gasteiger partial charge in [0.15, 0.2) is 5.13 Å². The molecule has 6 heteroatoms. The summed E-state index contributed by atoms with van der Waals surface area (Å²) in [5.41, 5.74) is 0. The largest absolute Gasteiger partial charge is 0.302 e. The second kappa shape index (κ2) is 3.82. The van der Waals surface area contributed by atoms with Gasteiger partial charge < -0.3 is 5.32 Å². The van der Waals surface area contributed by atoms with Crippen molar-refractivity contribution in [2.24, 2.45) is 0 Å². The van der Waals surface area contributed by atoms with E-state index >= 15 is 0 Å². The average Bonchev–Trinajstić information content (AvgIpc) is 2.29. The van der Waals surface area contributed by atoms with E-state index in [0.717, 1.165) is 11.3 Å². The van der Waals surface area contributed by atoms with Crippen molar-refractivity contribution >= 4 is 34.0 Å². The summed E-state index contributed by atoms with van der Waals surface area (Å²) in [5, 5.41) is 2.62. The van der Waals surface area contributed by atoms with Crippen molar-refractivity contribution in [3.05, 3.63) is 10.8 Å². The molecule has 1 N–H and O–H groups in total. The van der Waals surface area contributed by atoms with E-state index in [1.807, 2.05) is 0 Å². The van der Waals surface area contributed by atoms with Gasteiger partial charge in [0.2, 0.25) is 11.9 Å². The van der Waals surface area contributed by atoms with Crippen molar-refractivity contribution < 1.29 is 9.18 Å². The third kappa shape index (κ3) is 2.15. The van der Waals surface area contributed by atoms with Crippen molar-refractivity contribution in [1.82, 2.24) is 4.98 Å². The van der Waals surface area contributed by atoms with Crippen molar-refractivity contribution in [3.8, 4) is 0 Å². The molecular formula is C6H6ClFN2OS. The first kappa shape index (κ1) is 9.41. The van der Waals surface area contributed by atoms with Crippen LogP contribution in [0.2, 0.25) is 0 Å². The Kier molecular flexibility index (Phi) is 2.99. The van der Waals surface area contributed by atoms with Crippen molar-refractivity contribution in [2.45, 2.75) is 12.8 Å². The number of hydrogen-bond acceptors (Lipinski definition) is 3. The Morgan fingerprint density at radius 2 is 2.50 bits per heavy atom. The van der Waals surface area contributed by atoms with E-state index in [0.29, 0.717) is 4.88 Å². The number of thiazole rings is 1. The molecule has 1 aromatic rings. The molecule has 0 aliphatic heterocycles. The first-order valence-corrected chi connectivity index (χ1v) is 4.47. The van der Waals surface area contributed by atoms with Crippen LogP contribution in [0.4, 0.5) is 9.52 Å². The lowest BCUT2D eigenvalue weighted by atomic mass is 10.6. The van der Waals surface area contributed by atoms with Gasteiger partial charge in [-0.05, 0) is 0 Å². The van der Waals surface area contributed by atoms with Crippen molar-refractivity contribution in [3.63, 3.8) is 0 Å². The SMILES string of the molecule is CC(=O)Nc1nc(F)c(CCl)s1. The topological polar surface area (TPSA) is 42.0 Å². The van der Waals surface area contributed by atoms with Crippen molar-refractivity contribution in [1.29, 1.82) is 0 Å². The molecule has 0 aromatic carbocycles. The fourth-order valence-electron chi connectivity index (χ4n) is 0.620. The van der Waals surface area contributed by atoms with Crippen LogP contribution in [0.1, 0.15) is 11.8 Å². The average molecular weight is 209 g/mol. The lowest BCUT2D eigenvalue weighted by Gasteiger charge is -1.91. The summed E-state index contributed by atoms with van der Waals surface area (Å²) in [6.45, 7) is 1.33. The fraction of sp³-hybridized carbons (Fsp3) is 0.333. The Bertz CT molecular complexity index is 302. The van der Waals surface area contributed by atoms with Crippen LogP contribution in [-0.4, -0.2) is 10.9 Å². The van der Waals surface area contributed by atoms with Gasteiger partial charge in [0, 0.05) is 6.92 Å². The first-order valence-electron chi connectivity index (χ1n) is 3.12. The van der Waals surface area contributed by atoms with Crippen LogP contribution in [-0.2, 0) is 10.7 Å². The van der Waals surface area contributed by atoms with Gasteiger partial charge in [0.1, 0.15) is 0 Å². The quantitative estimate of drug-likeness (QED) is 0.756. The van der Waals surface area contributed by atoms with Crippen LogP contribution in [0.15, 0.2) is 0 Å². The number of hydrogen-bond donors (Lipinski definition) is 1. The summed E-state index contributed by atoms with van der Waals surface area (Å²) in [6, 6.07) is 0. The predicted molar refractivity (Wildman–Crippen MR) is 45.9 cm³/mol. The molecule has 0 radical (unpaired) electrons. The maximum Gasteiger partial charge on any atom is 0.230 e. The Labute approximate surface area is 77.6 Å². The van der Waals surface area contributed by atoms with Gasteiger partial charge in [-0.2, -0.15) is 9.37 Å². The molecule has 0 unspecified atom stereocenters. The molecule has 0 saturated heterocycles. The Hall–Kier alpha value is -0.680. The molecule has 1 aromatic heterocycles. The molecule has 0 saturated carbocycles. The third-order valence-corrected chi connectivity index (χ3v) is 2.43. The second-order valence-electron chi connectivity index (χ2n) is 2.05. The number of nitrogens with zero attached hydrogens (tertiary/aromatic N) is 1. The molecule has 0 aliphatic carbocycles. The zero-order valence-electron chi connectivity index (χ0n) is 6.23. The molecular weight excluding hydrogens is 203 g/mol. The van der Waals surface area contributed by atoms with Crippen LogP contribution >= 0.6 is 22.9 Å². The highest BCUT2D eigenvalue weighted by Crippen LogP contribution is 2.22. The lowest BCUT2D eigenvalue weighted by molar-refractivity contribution is -0.114. The number of nitrogens with one attached hydrogen (secondary N) is 1. The maximum atomic E-state index is 12.7. The van der Waals surface area contributed by atoms with Gasteiger partial charge in [-0.25, -0.2) is 0 Å². The highest BCUT2D eigenvalue weighted by Gasteiger charge is 2.09. The van der Waals surface area contributed by atoms with Gasteiger partial charge >= 0.3 is 0 Å². The number of halogens is 2. The minimum atomic E-state index is -0.612. The summed E-state index contributed by atoms with van der Waals surface area (Å²) in [5.74, 6) is -0.813. The number of amides is 1. The summed E-state index contributed by atoms with van der Waals surface area (Å²) in [4.78, 5) is 14.3. The highest BCUT2D eigenvalue weighted by molar-refractivity contribution is 7.15. The Balaban J connectivity index is 2.82. The number of anilines is 1. The lowest BCUT2D eigenvalue weighted by Crippen LogP contribution is -2.04. The number of rotatable bonds is 2. The Morgan fingerprint density at radius 3 is 2.92 bits per heavy atom. The van der Waals surface area contributed by atoms with E-state index in [1.165, 1.54) is 6.92 Å². The summed E-state index contributed by atoms with van der Waals surface area (Å²) in [6.07, 6.45) is 0. The molecule has 3 nitrogen and oxygen atoms in total. The summed E-state index contributed by atoms with van der Waals surface area (Å²) >= 11 is 6.44. The molecule has 1 rings (SSSR count). The summed E-state index contributed by atoms with van der Waals surface area (Å²) in [7, 11) is 0. The maximum absolute atomic E-state index is 12.7. The second-order valence-corrected chi connectivity index (χ2v) is 3.40. The molecule has 0 atom stereocenters. The third-order valence-electron chi connectivity index (χ3n) is 1.05. The molecule has 0 spiro atoms. The molecule has 66 valence electrons.